The van der Waals surface area contributed by atoms with Gasteiger partial charge in [-0.1, -0.05) is 45.1 Å². The van der Waals surface area contributed by atoms with E-state index in [-0.39, 0.29) is 5.41 Å². The van der Waals surface area contributed by atoms with Gasteiger partial charge in [-0.2, -0.15) is 0 Å². The van der Waals surface area contributed by atoms with Crippen LogP contribution in [0.4, 0.5) is 0 Å². The van der Waals surface area contributed by atoms with E-state index in [0.29, 0.717) is 17.3 Å². The summed E-state index contributed by atoms with van der Waals surface area (Å²) in [5.74, 6) is 0.701. The molecule has 0 atom stereocenters. The highest BCUT2D eigenvalue weighted by Gasteiger charge is 2.17. The summed E-state index contributed by atoms with van der Waals surface area (Å²) in [6, 6.07) is 7.52. The molecule has 0 aliphatic carbocycles. The Hall–Kier alpha value is -1.46. The standard InChI is InChI=1S/C15H18N2OS2/c1-15(2,3)12-9-20-13(17-12)8-18-11-7-5-4-6-10(11)14(16)19/h4-7,9H,8H2,1-3H3,(H2,16,19). The molecule has 2 N–H and O–H groups in total. The maximum Gasteiger partial charge on any atom is 0.140 e. The first kappa shape index (κ1) is 14.9. The maximum atomic E-state index is 5.79. The molecule has 0 saturated heterocycles. The highest BCUT2D eigenvalue weighted by molar-refractivity contribution is 7.80. The van der Waals surface area contributed by atoms with Crippen molar-refractivity contribution < 1.29 is 4.74 Å². The Kier molecular flexibility index (Phi) is 4.40. The quantitative estimate of drug-likeness (QED) is 0.876. The minimum Gasteiger partial charge on any atom is -0.486 e. The lowest BCUT2D eigenvalue weighted by Crippen LogP contribution is -2.12. The van der Waals surface area contributed by atoms with Gasteiger partial charge in [0.15, 0.2) is 0 Å². The number of hydrogen-bond acceptors (Lipinski definition) is 4. The number of rotatable bonds is 4. The monoisotopic (exact) mass is 306 g/mol. The zero-order chi connectivity index (χ0) is 14.8. The molecule has 106 valence electrons. The van der Waals surface area contributed by atoms with E-state index in [2.05, 4.69) is 31.1 Å². The number of thiazole rings is 1. The number of benzene rings is 1. The Morgan fingerprint density at radius 2 is 2.05 bits per heavy atom. The molecular weight excluding hydrogens is 288 g/mol. The largest absolute Gasteiger partial charge is 0.486 e. The van der Waals surface area contributed by atoms with Gasteiger partial charge in [0.25, 0.3) is 0 Å². The first-order valence-corrected chi connectivity index (χ1v) is 7.63. The van der Waals surface area contributed by atoms with Crippen LogP contribution in [0.3, 0.4) is 0 Å². The fourth-order valence-electron chi connectivity index (χ4n) is 1.66. The van der Waals surface area contributed by atoms with E-state index in [4.69, 9.17) is 22.7 Å². The summed E-state index contributed by atoms with van der Waals surface area (Å²) in [5.41, 5.74) is 7.59. The third-order valence-electron chi connectivity index (χ3n) is 2.82. The minimum atomic E-state index is 0.0610. The van der Waals surface area contributed by atoms with Gasteiger partial charge in [0.1, 0.15) is 22.4 Å². The van der Waals surface area contributed by atoms with Crippen LogP contribution in [0.25, 0.3) is 0 Å². The van der Waals surface area contributed by atoms with Crippen LogP contribution in [0, 0.1) is 0 Å². The molecular formula is C15H18N2OS2. The first-order valence-electron chi connectivity index (χ1n) is 6.34. The van der Waals surface area contributed by atoms with Crippen LogP contribution in [0.15, 0.2) is 29.6 Å². The van der Waals surface area contributed by atoms with Gasteiger partial charge in [-0.15, -0.1) is 11.3 Å². The predicted octanol–water partition coefficient (Wildman–Crippen LogP) is 3.65. The number of nitrogens with zero attached hydrogens (tertiary/aromatic N) is 1. The molecule has 0 saturated carbocycles. The Bertz CT molecular complexity index is 614. The molecule has 0 aliphatic rings. The maximum absolute atomic E-state index is 5.79. The zero-order valence-corrected chi connectivity index (χ0v) is 13.5. The van der Waals surface area contributed by atoms with Crippen molar-refractivity contribution >= 4 is 28.5 Å². The van der Waals surface area contributed by atoms with Crippen molar-refractivity contribution in [3.05, 3.63) is 45.9 Å². The molecule has 5 heteroatoms. The lowest BCUT2D eigenvalue weighted by atomic mass is 9.93. The van der Waals surface area contributed by atoms with Gasteiger partial charge in [0.2, 0.25) is 0 Å². The molecule has 0 radical (unpaired) electrons. The van der Waals surface area contributed by atoms with Crippen molar-refractivity contribution in [1.29, 1.82) is 0 Å². The average Bonchev–Trinajstić information content (AvgIpc) is 2.85. The molecule has 20 heavy (non-hydrogen) atoms. The van der Waals surface area contributed by atoms with Crippen LogP contribution in [0.5, 0.6) is 5.75 Å². The van der Waals surface area contributed by atoms with E-state index >= 15 is 0 Å². The second-order valence-corrected chi connectivity index (χ2v) is 6.91. The van der Waals surface area contributed by atoms with E-state index in [1.165, 1.54) is 0 Å². The molecule has 3 nitrogen and oxygen atoms in total. The number of hydrogen-bond donors (Lipinski definition) is 1. The second kappa shape index (κ2) is 5.89. The van der Waals surface area contributed by atoms with Crippen molar-refractivity contribution in [2.45, 2.75) is 32.8 Å². The van der Waals surface area contributed by atoms with Crippen molar-refractivity contribution in [3.8, 4) is 5.75 Å². The van der Waals surface area contributed by atoms with Gasteiger partial charge in [-0.25, -0.2) is 4.98 Å². The zero-order valence-electron chi connectivity index (χ0n) is 11.8. The SMILES string of the molecule is CC(C)(C)c1csc(COc2ccccc2C(N)=S)n1. The van der Waals surface area contributed by atoms with E-state index in [1.807, 2.05) is 24.3 Å². The molecule has 0 bridgehead atoms. The fraction of sp³-hybridized carbons (Fsp3) is 0.333. The Balaban J connectivity index is 2.10. The highest BCUT2D eigenvalue weighted by Crippen LogP contribution is 2.25. The van der Waals surface area contributed by atoms with Gasteiger partial charge in [0, 0.05) is 10.8 Å². The molecule has 1 aromatic heterocycles. The van der Waals surface area contributed by atoms with E-state index in [0.717, 1.165) is 16.3 Å². The van der Waals surface area contributed by atoms with E-state index in [9.17, 15) is 0 Å². The minimum absolute atomic E-state index is 0.0610. The number of ether oxygens (including phenoxy) is 1. The summed E-state index contributed by atoms with van der Waals surface area (Å²) < 4.78 is 5.79. The van der Waals surface area contributed by atoms with Gasteiger partial charge in [0.05, 0.1) is 11.3 Å². The molecule has 2 rings (SSSR count). The predicted molar refractivity (Wildman–Crippen MR) is 87.5 cm³/mol. The highest BCUT2D eigenvalue weighted by atomic mass is 32.1. The summed E-state index contributed by atoms with van der Waals surface area (Å²) >= 11 is 6.63. The van der Waals surface area contributed by atoms with Crippen LogP contribution in [-0.2, 0) is 12.0 Å². The summed E-state index contributed by atoms with van der Waals surface area (Å²) in [6.45, 7) is 6.87. The molecule has 0 amide bonds. The van der Waals surface area contributed by atoms with Crippen LogP contribution >= 0.6 is 23.6 Å². The number of nitrogens with two attached hydrogens (primary N) is 1. The summed E-state index contributed by atoms with van der Waals surface area (Å²) in [4.78, 5) is 4.94. The fourth-order valence-corrected chi connectivity index (χ4v) is 2.76. The van der Waals surface area contributed by atoms with E-state index < -0.39 is 0 Å². The van der Waals surface area contributed by atoms with Gasteiger partial charge in [-0.3, -0.25) is 0 Å². The Labute approximate surface area is 128 Å². The smallest absolute Gasteiger partial charge is 0.140 e. The third kappa shape index (κ3) is 3.55. The van der Waals surface area contributed by atoms with Gasteiger partial charge >= 0.3 is 0 Å². The summed E-state index contributed by atoms with van der Waals surface area (Å²) in [5, 5.41) is 3.03. The molecule has 0 aliphatic heterocycles. The van der Waals surface area contributed by atoms with Crippen LogP contribution in [0.1, 0.15) is 37.0 Å². The average molecular weight is 306 g/mol. The molecule has 0 fully saturated rings. The van der Waals surface area contributed by atoms with Crippen molar-refractivity contribution in [2.75, 3.05) is 0 Å². The first-order chi connectivity index (χ1) is 9.38. The topological polar surface area (TPSA) is 48.1 Å². The van der Waals surface area contributed by atoms with Gasteiger partial charge in [-0.05, 0) is 12.1 Å². The van der Waals surface area contributed by atoms with Crippen molar-refractivity contribution in [2.24, 2.45) is 5.73 Å². The van der Waals surface area contributed by atoms with Crippen LogP contribution in [0.2, 0.25) is 0 Å². The lowest BCUT2D eigenvalue weighted by Gasteiger charge is -2.14. The molecule has 2 aromatic rings. The number of para-hydroxylation sites is 1. The number of aromatic nitrogens is 1. The Morgan fingerprint density at radius 1 is 1.35 bits per heavy atom. The van der Waals surface area contributed by atoms with Crippen LogP contribution < -0.4 is 10.5 Å². The molecule has 0 unspecified atom stereocenters. The normalized spacial score (nSPS) is 11.3. The van der Waals surface area contributed by atoms with Gasteiger partial charge < -0.3 is 10.5 Å². The van der Waals surface area contributed by atoms with Crippen molar-refractivity contribution in [1.82, 2.24) is 4.98 Å². The van der Waals surface area contributed by atoms with E-state index in [1.54, 1.807) is 11.3 Å². The van der Waals surface area contributed by atoms with Crippen molar-refractivity contribution in [3.63, 3.8) is 0 Å². The summed E-state index contributed by atoms with van der Waals surface area (Å²) in [7, 11) is 0. The summed E-state index contributed by atoms with van der Waals surface area (Å²) in [6.07, 6.45) is 0. The molecule has 1 heterocycles. The lowest BCUT2D eigenvalue weighted by molar-refractivity contribution is 0.304. The molecule has 0 spiro atoms. The second-order valence-electron chi connectivity index (χ2n) is 5.53. The number of thiocarbonyl (C=S) groups is 1. The van der Waals surface area contributed by atoms with Crippen LogP contribution in [-0.4, -0.2) is 9.97 Å². The third-order valence-corrected chi connectivity index (χ3v) is 3.87. The molecule has 1 aromatic carbocycles. The Morgan fingerprint density at radius 3 is 2.65 bits per heavy atom.